The topological polar surface area (TPSA) is 35.9 Å². The van der Waals surface area contributed by atoms with Crippen molar-refractivity contribution in [3.63, 3.8) is 0 Å². The fourth-order valence-corrected chi connectivity index (χ4v) is 13.6. The minimum absolute atomic E-state index is 0.424. The summed E-state index contributed by atoms with van der Waals surface area (Å²) in [4.78, 5) is 13.8. The molecular weight excluding hydrogens is 833 g/mol. The Morgan fingerprint density at radius 1 is 0.656 bits per heavy atom. The Kier molecular flexibility index (Phi) is 14.6. The number of ether oxygens (including phenoxy) is 2. The van der Waals surface area contributed by atoms with Crippen LogP contribution < -0.4 is 24.5 Å². The summed E-state index contributed by atoms with van der Waals surface area (Å²) in [6, 6.07) is 35.1. The van der Waals surface area contributed by atoms with Gasteiger partial charge in [0.1, 0.15) is 0 Å². The molecule has 324 valence electrons. The number of para-hydroxylation sites is 2. The van der Waals surface area contributed by atoms with Crippen LogP contribution in [0.15, 0.2) is 119 Å². The number of thioether (sulfide) groups is 2. The maximum absolute atomic E-state index is 6.29. The molecule has 8 nitrogen and oxygen atoms in total. The van der Waals surface area contributed by atoms with Gasteiger partial charge in [-0.2, -0.15) is 0 Å². The molecule has 4 aliphatic rings. The molecule has 0 bridgehead atoms. The molecule has 0 amide bonds. The minimum atomic E-state index is -0.426. The fourth-order valence-electron chi connectivity index (χ4n) is 8.52. The van der Waals surface area contributed by atoms with Crippen molar-refractivity contribution < 1.29 is 18.9 Å². The number of hydrogen-bond acceptors (Lipinski definition) is 10. The van der Waals surface area contributed by atoms with Gasteiger partial charge in [-0.15, -0.1) is 0 Å². The Balaban J connectivity index is 0.665. The summed E-state index contributed by atoms with van der Waals surface area (Å²) in [5.41, 5.74) is 7.50. The largest absolute Gasteiger partial charge is 0.374 e. The van der Waals surface area contributed by atoms with E-state index in [1.165, 1.54) is 94.2 Å². The van der Waals surface area contributed by atoms with Gasteiger partial charge in [-0.1, -0.05) is 106 Å². The fraction of sp³-hybridized carbons (Fsp3) is 0.429. The van der Waals surface area contributed by atoms with Crippen molar-refractivity contribution in [2.24, 2.45) is 0 Å². The third-order valence-electron chi connectivity index (χ3n) is 12.3. The highest BCUT2D eigenvalue weighted by Crippen LogP contribution is 2.55. The second-order valence-electron chi connectivity index (χ2n) is 17.3. The third kappa shape index (κ3) is 10.8. The smallest absolute Gasteiger partial charge is 0.214 e. The number of rotatable bonds is 21. The van der Waals surface area contributed by atoms with E-state index in [4.69, 9.17) is 9.47 Å². The molecule has 3 atom stereocenters. The maximum Gasteiger partial charge on any atom is 0.214 e. The maximum atomic E-state index is 6.29. The SMILES string of the molecule is CN(CCC[NH+](C)CCSSCC[N+](C)(C)CCCN(C)c1ccc(/C=C/C23OCCN2c2ccccc2S3)cc1)c1ccc(/C=C/C23OCCN2c2ccccc2S3)cc1. The lowest BCUT2D eigenvalue weighted by atomic mass is 10.1. The van der Waals surface area contributed by atoms with E-state index < -0.39 is 10.1 Å². The van der Waals surface area contributed by atoms with Gasteiger partial charge in [0.15, 0.2) is 0 Å². The van der Waals surface area contributed by atoms with Crippen LogP contribution in [0.5, 0.6) is 0 Å². The molecule has 2 saturated heterocycles. The summed E-state index contributed by atoms with van der Waals surface area (Å²) in [5, 5.41) is -0.851. The molecule has 0 spiro atoms. The second-order valence-corrected chi connectivity index (χ2v) is 22.4. The van der Waals surface area contributed by atoms with Crippen molar-refractivity contribution in [2.45, 2.75) is 32.7 Å². The van der Waals surface area contributed by atoms with Gasteiger partial charge in [-0.3, -0.25) is 0 Å². The number of benzene rings is 4. The first-order chi connectivity index (χ1) is 29.6. The standard InChI is InChI=1S/C49H63N6O2S4/c1-50(28-10-29-51(2)42-20-16-40(17-21-42)24-26-48-53(31-36-56-48)44-12-6-8-14-46(44)60-48)33-38-58-59-39-35-55(4,5)34-11-30-52(3)43-22-18-41(19-23-43)25-27-49-54(32-37-57-49)45-13-7-9-15-47(45)61-49/h6-9,12-27H,10-11,28-39H2,1-5H3/q+1/p+1/b26-24+,27-25+. The van der Waals surface area contributed by atoms with E-state index in [0.29, 0.717) is 0 Å². The predicted octanol–water partition coefficient (Wildman–Crippen LogP) is 8.63. The molecule has 4 aromatic rings. The van der Waals surface area contributed by atoms with Crippen molar-refractivity contribution >= 4 is 80.0 Å². The first kappa shape index (κ1) is 44.4. The van der Waals surface area contributed by atoms with Crippen LogP contribution in [0.3, 0.4) is 0 Å². The normalized spacial score (nSPS) is 21.0. The predicted molar refractivity (Wildman–Crippen MR) is 267 cm³/mol. The Hall–Kier alpha value is -3.20. The Bertz CT molecular complexity index is 2120. The van der Waals surface area contributed by atoms with Crippen LogP contribution in [-0.2, 0) is 9.47 Å². The molecule has 2 fully saturated rings. The molecule has 0 radical (unpaired) electrons. The van der Waals surface area contributed by atoms with Crippen LogP contribution >= 0.6 is 45.1 Å². The average molecular weight is 897 g/mol. The van der Waals surface area contributed by atoms with Crippen LogP contribution in [-0.4, -0.2) is 127 Å². The Morgan fingerprint density at radius 3 is 1.69 bits per heavy atom. The van der Waals surface area contributed by atoms with E-state index in [2.05, 4.69) is 176 Å². The van der Waals surface area contributed by atoms with Crippen molar-refractivity contribution in [2.75, 3.05) is 132 Å². The van der Waals surface area contributed by atoms with Crippen molar-refractivity contribution in [1.82, 2.24) is 0 Å². The zero-order valence-electron chi connectivity index (χ0n) is 36.6. The summed E-state index contributed by atoms with van der Waals surface area (Å²) in [6.45, 7) is 10.3. The molecule has 61 heavy (non-hydrogen) atoms. The first-order valence-electron chi connectivity index (χ1n) is 21.9. The lowest BCUT2D eigenvalue weighted by molar-refractivity contribution is -0.887. The van der Waals surface area contributed by atoms with Gasteiger partial charge >= 0.3 is 0 Å². The van der Waals surface area contributed by atoms with E-state index in [1.54, 1.807) is 28.4 Å². The lowest BCUT2D eigenvalue weighted by Gasteiger charge is -2.30. The highest BCUT2D eigenvalue weighted by molar-refractivity contribution is 8.76. The zero-order chi connectivity index (χ0) is 42.3. The summed E-state index contributed by atoms with van der Waals surface area (Å²) < 4.78 is 13.6. The van der Waals surface area contributed by atoms with Crippen LogP contribution in [0.25, 0.3) is 12.2 Å². The zero-order valence-corrected chi connectivity index (χ0v) is 39.9. The van der Waals surface area contributed by atoms with Gasteiger partial charge in [0.05, 0.1) is 83.4 Å². The molecule has 4 heterocycles. The molecule has 1 N–H and O–H groups in total. The Labute approximate surface area is 381 Å². The van der Waals surface area contributed by atoms with Gasteiger partial charge in [-0.05, 0) is 71.8 Å². The third-order valence-corrected chi connectivity index (χ3v) is 17.3. The van der Waals surface area contributed by atoms with Crippen molar-refractivity contribution in [1.29, 1.82) is 0 Å². The van der Waals surface area contributed by atoms with Gasteiger partial charge < -0.3 is 38.5 Å². The Morgan fingerprint density at radius 2 is 1.15 bits per heavy atom. The number of anilines is 4. The average Bonchev–Trinajstić information content (AvgIpc) is 4.02. The van der Waals surface area contributed by atoms with Gasteiger partial charge in [-0.25, -0.2) is 0 Å². The molecule has 12 heteroatoms. The first-order valence-corrected chi connectivity index (χ1v) is 26.0. The molecule has 0 saturated carbocycles. The van der Waals surface area contributed by atoms with Gasteiger partial charge in [0, 0.05) is 74.3 Å². The lowest BCUT2D eigenvalue weighted by Crippen LogP contribution is -3.09. The number of quaternary nitrogens is 2. The number of hydrogen-bond donors (Lipinski definition) is 1. The van der Waals surface area contributed by atoms with E-state index >= 15 is 0 Å². The van der Waals surface area contributed by atoms with Crippen LogP contribution in [0.2, 0.25) is 0 Å². The molecule has 4 aromatic carbocycles. The monoisotopic (exact) mass is 896 g/mol. The van der Waals surface area contributed by atoms with E-state index in [1.807, 2.05) is 21.6 Å². The van der Waals surface area contributed by atoms with E-state index in [-0.39, 0.29) is 0 Å². The van der Waals surface area contributed by atoms with E-state index in [9.17, 15) is 0 Å². The van der Waals surface area contributed by atoms with Crippen molar-refractivity contribution in [3.8, 4) is 0 Å². The summed E-state index contributed by atoms with van der Waals surface area (Å²) in [7, 11) is 15.6. The molecular formula is C49H64N6O2S4+2. The quantitative estimate of drug-likeness (QED) is 0.0500. The van der Waals surface area contributed by atoms with Gasteiger partial charge in [0.25, 0.3) is 0 Å². The highest BCUT2D eigenvalue weighted by Gasteiger charge is 2.48. The number of nitrogens with zero attached hydrogens (tertiary/aromatic N) is 5. The molecule has 4 aliphatic heterocycles. The minimum Gasteiger partial charge on any atom is -0.374 e. The molecule has 0 aromatic heterocycles. The van der Waals surface area contributed by atoms with Crippen molar-refractivity contribution in [3.05, 3.63) is 120 Å². The second kappa shape index (κ2) is 20.1. The highest BCUT2D eigenvalue weighted by atomic mass is 33.1. The number of nitrogens with one attached hydrogen (secondary N) is 1. The van der Waals surface area contributed by atoms with E-state index in [0.717, 1.165) is 43.9 Å². The van der Waals surface area contributed by atoms with Crippen LogP contribution in [0, 0.1) is 0 Å². The molecule has 3 unspecified atom stereocenters. The molecule has 0 aliphatic carbocycles. The summed E-state index contributed by atoms with van der Waals surface area (Å²) in [5.74, 6) is 2.39. The molecule has 8 rings (SSSR count). The number of fused-ring (bicyclic) bond motifs is 6. The van der Waals surface area contributed by atoms with Gasteiger partial charge in [0.2, 0.25) is 10.1 Å². The van der Waals surface area contributed by atoms with Crippen LogP contribution in [0.1, 0.15) is 24.0 Å². The summed E-state index contributed by atoms with van der Waals surface area (Å²) >= 11 is 3.61. The summed E-state index contributed by atoms with van der Waals surface area (Å²) in [6.07, 6.45) is 11.2. The van der Waals surface area contributed by atoms with Crippen LogP contribution in [0.4, 0.5) is 22.7 Å².